The highest BCUT2D eigenvalue weighted by Gasteiger charge is 2.43. The maximum Gasteiger partial charge on any atom is 0.416 e. The molecule has 33 heavy (non-hydrogen) atoms. The molecule has 0 spiro atoms. The van der Waals surface area contributed by atoms with Crippen LogP contribution in [0.3, 0.4) is 0 Å². The quantitative estimate of drug-likeness (QED) is 0.626. The van der Waals surface area contributed by atoms with Crippen LogP contribution in [0.1, 0.15) is 29.5 Å². The number of halogens is 4. The van der Waals surface area contributed by atoms with Crippen LogP contribution >= 0.6 is 12.4 Å². The number of nitrogens with one attached hydrogen (secondary N) is 1. The van der Waals surface area contributed by atoms with Crippen LogP contribution in [-0.4, -0.2) is 45.2 Å². The lowest BCUT2D eigenvalue weighted by Gasteiger charge is -2.28. The van der Waals surface area contributed by atoms with Crippen molar-refractivity contribution < 1.29 is 32.2 Å². The summed E-state index contributed by atoms with van der Waals surface area (Å²) >= 11 is 0. The summed E-state index contributed by atoms with van der Waals surface area (Å²) in [5, 5.41) is 2.91. The first-order valence-corrected chi connectivity index (χ1v) is 10.1. The third kappa shape index (κ3) is 5.78. The Bertz CT molecular complexity index is 983. The highest BCUT2D eigenvalue weighted by Crippen LogP contribution is 2.42. The molecule has 0 aliphatic carbocycles. The molecule has 10 heteroatoms. The molecule has 1 N–H and O–H groups in total. The van der Waals surface area contributed by atoms with Gasteiger partial charge in [-0.1, -0.05) is 18.2 Å². The number of rotatable bonds is 6. The van der Waals surface area contributed by atoms with E-state index >= 15 is 0 Å². The molecule has 0 aromatic heterocycles. The lowest BCUT2D eigenvalue weighted by molar-refractivity contribution is -0.154. The van der Waals surface area contributed by atoms with E-state index in [0.717, 1.165) is 6.07 Å². The van der Waals surface area contributed by atoms with Crippen LogP contribution in [0.15, 0.2) is 42.5 Å². The van der Waals surface area contributed by atoms with E-state index in [9.17, 15) is 22.8 Å². The molecule has 3 rings (SSSR count). The third-order valence-electron chi connectivity index (χ3n) is 5.47. The number of alkyl halides is 3. The Morgan fingerprint density at radius 1 is 1.18 bits per heavy atom. The molecule has 0 fully saturated rings. The number of amides is 1. The number of likely N-dealkylation sites (N-methyl/N-ethyl adjacent to an activating group) is 1. The van der Waals surface area contributed by atoms with Gasteiger partial charge in [0, 0.05) is 31.6 Å². The SMILES string of the molecule is CNCCN1C(=O)[C@H](OC(C)=O)[C@H](c2ccc(OC)cc2)Cc2c1cccc2C(F)(F)F.Cl. The van der Waals surface area contributed by atoms with E-state index in [4.69, 9.17) is 9.47 Å². The van der Waals surface area contributed by atoms with Crippen LogP contribution < -0.4 is 15.0 Å². The van der Waals surface area contributed by atoms with Gasteiger partial charge in [0.05, 0.1) is 12.7 Å². The number of carbonyl (C=O) groups excluding carboxylic acids is 2. The molecule has 0 saturated carbocycles. The number of methoxy groups -OCH3 is 1. The minimum atomic E-state index is -4.60. The van der Waals surface area contributed by atoms with Crippen molar-refractivity contribution in [1.82, 2.24) is 5.32 Å². The summed E-state index contributed by atoms with van der Waals surface area (Å²) in [5.41, 5.74) is -0.0591. The van der Waals surface area contributed by atoms with Gasteiger partial charge in [0.2, 0.25) is 0 Å². The van der Waals surface area contributed by atoms with Gasteiger partial charge in [-0.2, -0.15) is 13.2 Å². The van der Waals surface area contributed by atoms with E-state index in [0.29, 0.717) is 17.9 Å². The van der Waals surface area contributed by atoms with E-state index in [-0.39, 0.29) is 36.6 Å². The molecule has 2 atom stereocenters. The number of ether oxygens (including phenoxy) is 2. The Hall–Kier alpha value is -2.78. The first-order chi connectivity index (χ1) is 15.2. The summed E-state index contributed by atoms with van der Waals surface area (Å²) in [7, 11) is 3.18. The van der Waals surface area contributed by atoms with Gasteiger partial charge < -0.3 is 19.7 Å². The highest BCUT2D eigenvalue weighted by atomic mass is 35.5. The van der Waals surface area contributed by atoms with E-state index in [2.05, 4.69) is 5.32 Å². The molecular weight excluding hydrogens is 461 g/mol. The number of carbonyl (C=O) groups is 2. The molecule has 1 aliphatic heterocycles. The van der Waals surface area contributed by atoms with E-state index < -0.39 is 35.6 Å². The minimum absolute atomic E-state index is 0. The van der Waals surface area contributed by atoms with Crippen molar-refractivity contribution in [1.29, 1.82) is 0 Å². The van der Waals surface area contributed by atoms with Gasteiger partial charge in [-0.15, -0.1) is 12.4 Å². The number of hydrogen-bond donors (Lipinski definition) is 1. The fraction of sp³-hybridized carbons (Fsp3) is 0.391. The number of esters is 1. The normalized spacial score (nSPS) is 18.1. The van der Waals surface area contributed by atoms with Crippen molar-refractivity contribution in [3.05, 3.63) is 59.2 Å². The van der Waals surface area contributed by atoms with Gasteiger partial charge in [0.15, 0.2) is 6.10 Å². The largest absolute Gasteiger partial charge is 0.497 e. The summed E-state index contributed by atoms with van der Waals surface area (Å²) in [6.07, 6.45) is -6.00. The second kappa shape index (κ2) is 10.9. The minimum Gasteiger partial charge on any atom is -0.497 e. The molecule has 0 unspecified atom stereocenters. The van der Waals surface area contributed by atoms with Crippen LogP contribution in [0.2, 0.25) is 0 Å². The summed E-state index contributed by atoms with van der Waals surface area (Å²) in [4.78, 5) is 26.7. The van der Waals surface area contributed by atoms with Gasteiger partial charge in [-0.25, -0.2) is 0 Å². The summed E-state index contributed by atoms with van der Waals surface area (Å²) in [5.74, 6) is -1.49. The Morgan fingerprint density at radius 3 is 2.39 bits per heavy atom. The Morgan fingerprint density at radius 2 is 1.85 bits per heavy atom. The fourth-order valence-corrected chi connectivity index (χ4v) is 3.99. The number of fused-ring (bicyclic) bond motifs is 1. The van der Waals surface area contributed by atoms with E-state index in [1.165, 1.54) is 31.1 Å². The van der Waals surface area contributed by atoms with Gasteiger partial charge in [-0.3, -0.25) is 9.59 Å². The monoisotopic (exact) mass is 486 g/mol. The molecule has 1 aliphatic rings. The van der Waals surface area contributed by atoms with Crippen molar-refractivity contribution in [2.24, 2.45) is 0 Å². The first-order valence-electron chi connectivity index (χ1n) is 10.1. The molecule has 1 heterocycles. The molecule has 0 radical (unpaired) electrons. The van der Waals surface area contributed by atoms with Crippen molar-refractivity contribution in [3.63, 3.8) is 0 Å². The average molecular weight is 487 g/mol. The van der Waals surface area contributed by atoms with Crippen molar-refractivity contribution >= 4 is 30.0 Å². The van der Waals surface area contributed by atoms with Crippen LogP contribution in [0.25, 0.3) is 0 Å². The number of anilines is 1. The van der Waals surface area contributed by atoms with Crippen LogP contribution in [0, 0.1) is 0 Å². The predicted molar refractivity (Wildman–Crippen MR) is 120 cm³/mol. The molecule has 0 saturated heterocycles. The summed E-state index contributed by atoms with van der Waals surface area (Å²) in [6.45, 7) is 1.65. The molecule has 6 nitrogen and oxygen atoms in total. The maximum absolute atomic E-state index is 13.9. The van der Waals surface area contributed by atoms with Crippen molar-refractivity contribution in [3.8, 4) is 5.75 Å². The van der Waals surface area contributed by atoms with Gasteiger partial charge in [-0.05, 0) is 48.9 Å². The zero-order valence-corrected chi connectivity index (χ0v) is 19.3. The van der Waals surface area contributed by atoms with Crippen LogP contribution in [-0.2, 0) is 26.9 Å². The van der Waals surface area contributed by atoms with Gasteiger partial charge in [0.1, 0.15) is 5.75 Å². The molecule has 0 bridgehead atoms. The van der Waals surface area contributed by atoms with Crippen molar-refractivity contribution in [2.45, 2.75) is 31.5 Å². The Kier molecular flexibility index (Phi) is 8.74. The standard InChI is InChI=1S/C23H25F3N2O4.ClH/c1-14(29)32-21-17(15-7-9-16(31-3)10-8-15)13-18-19(23(24,25)26)5-4-6-20(18)28(22(21)30)12-11-27-2;/h4-10,17,21,27H,11-13H2,1-3H3;1H/t17-,21+;/m0./s1. The molecule has 180 valence electrons. The predicted octanol–water partition coefficient (Wildman–Crippen LogP) is 3.96. The smallest absolute Gasteiger partial charge is 0.416 e. The highest BCUT2D eigenvalue weighted by molar-refractivity contribution is 6.00. The summed E-state index contributed by atoms with van der Waals surface area (Å²) < 4.78 is 52.3. The number of hydrogen-bond acceptors (Lipinski definition) is 5. The van der Waals surface area contributed by atoms with Crippen LogP contribution in [0.4, 0.5) is 18.9 Å². The second-order valence-electron chi connectivity index (χ2n) is 7.51. The first kappa shape index (κ1) is 26.5. The number of benzene rings is 2. The number of nitrogens with zero attached hydrogens (tertiary/aromatic N) is 1. The lowest BCUT2D eigenvalue weighted by Crippen LogP contribution is -2.45. The van der Waals surface area contributed by atoms with E-state index in [1.807, 2.05) is 0 Å². The zero-order valence-electron chi connectivity index (χ0n) is 18.4. The lowest BCUT2D eigenvalue weighted by atomic mass is 9.86. The topological polar surface area (TPSA) is 67.9 Å². The fourth-order valence-electron chi connectivity index (χ4n) is 3.99. The Balaban J connectivity index is 0.00000385. The van der Waals surface area contributed by atoms with Crippen molar-refractivity contribution in [2.75, 3.05) is 32.1 Å². The molecule has 2 aromatic carbocycles. The maximum atomic E-state index is 13.9. The second-order valence-corrected chi connectivity index (χ2v) is 7.51. The molecule has 2 aromatic rings. The van der Waals surface area contributed by atoms with Crippen LogP contribution in [0.5, 0.6) is 5.75 Å². The zero-order chi connectivity index (χ0) is 23.5. The molecular formula is C23H26ClF3N2O4. The Labute approximate surface area is 196 Å². The average Bonchev–Trinajstić information content (AvgIpc) is 2.86. The van der Waals surface area contributed by atoms with Gasteiger partial charge >= 0.3 is 12.1 Å². The summed E-state index contributed by atoms with van der Waals surface area (Å²) in [6, 6.07) is 10.5. The third-order valence-corrected chi connectivity index (χ3v) is 5.47. The van der Waals surface area contributed by atoms with E-state index in [1.54, 1.807) is 31.3 Å². The molecule has 1 amide bonds. The van der Waals surface area contributed by atoms with Gasteiger partial charge in [0.25, 0.3) is 5.91 Å².